The molecule has 1 atom stereocenters. The first-order chi connectivity index (χ1) is 5.94. The van der Waals surface area contributed by atoms with E-state index in [0.29, 0.717) is 0 Å². The summed E-state index contributed by atoms with van der Waals surface area (Å²) in [6, 6.07) is 5.72. The molecule has 0 saturated carbocycles. The number of nitrogens with zero attached hydrogens (tertiary/aromatic N) is 1. The number of aromatic nitrogens is 1. The lowest BCUT2D eigenvalue weighted by atomic mass is 10.5. The summed E-state index contributed by atoms with van der Waals surface area (Å²) in [5.41, 5.74) is 0. The molecule has 0 bridgehead atoms. The van der Waals surface area contributed by atoms with Gasteiger partial charge in [-0.15, -0.1) is 0 Å². The van der Waals surface area contributed by atoms with Crippen molar-refractivity contribution < 1.29 is 21.7 Å². The molecule has 6 nitrogen and oxygen atoms in total. The Kier molecular flexibility index (Phi) is 5.39. The van der Waals surface area contributed by atoms with Crippen LogP contribution in [0.4, 0.5) is 0 Å². The zero-order chi connectivity index (χ0) is 10.3. The summed E-state index contributed by atoms with van der Waals surface area (Å²) < 4.78 is 43.0. The van der Waals surface area contributed by atoms with Gasteiger partial charge in [-0.25, -0.2) is 4.21 Å². The Hall–Kier alpha value is -0.830. The largest absolute Gasteiger partial charge is 0.373 e. The van der Waals surface area contributed by atoms with Crippen molar-refractivity contribution >= 4 is 19.3 Å². The third kappa shape index (κ3) is 7.53. The molecule has 8 heteroatoms. The normalized spacial score (nSPS) is 12.5. The molecule has 0 aromatic carbocycles. The lowest BCUT2D eigenvalue weighted by Crippen LogP contribution is -2.03. The molecule has 74 valence electrons. The van der Waals surface area contributed by atoms with E-state index in [2.05, 4.69) is 4.98 Å². The Morgan fingerprint density at radius 2 is 1.54 bits per heavy atom. The van der Waals surface area contributed by atoms with Crippen molar-refractivity contribution in [2.45, 2.75) is 0 Å². The number of hydrogen-bond acceptors (Lipinski definition) is 4. The standard InChI is InChI=1S/C5H5N.H2O5S2/c1-2-4-6-5-3-1;1-6(2)7(3,4)5/h1-5H;(H,1,2)(H,3,4,5). The van der Waals surface area contributed by atoms with Gasteiger partial charge in [-0.3, -0.25) is 14.1 Å². The molecule has 1 rings (SSSR count). The highest BCUT2D eigenvalue weighted by Gasteiger charge is 2.10. The number of hydrogen-bond donors (Lipinski definition) is 2. The van der Waals surface area contributed by atoms with Gasteiger partial charge in [-0.1, -0.05) is 6.07 Å². The van der Waals surface area contributed by atoms with Crippen molar-refractivity contribution in [1.82, 2.24) is 4.98 Å². The number of rotatable bonds is 1. The highest BCUT2D eigenvalue weighted by molar-refractivity contribution is 8.59. The van der Waals surface area contributed by atoms with Crippen molar-refractivity contribution in [1.29, 1.82) is 0 Å². The molecular formula is C5H7NO5S2. The molecule has 2 N–H and O–H groups in total. The van der Waals surface area contributed by atoms with Gasteiger partial charge in [0.1, 0.15) is 0 Å². The average molecular weight is 225 g/mol. The monoisotopic (exact) mass is 225 g/mol. The second kappa shape index (κ2) is 5.75. The summed E-state index contributed by atoms with van der Waals surface area (Å²) >= 11 is 0. The smallest absolute Gasteiger partial charge is 0.292 e. The summed E-state index contributed by atoms with van der Waals surface area (Å²) in [4.78, 5) is 3.78. The summed E-state index contributed by atoms with van der Waals surface area (Å²) in [6.45, 7) is 0. The third-order valence-electron chi connectivity index (χ3n) is 0.747. The first-order valence-electron chi connectivity index (χ1n) is 2.88. The van der Waals surface area contributed by atoms with E-state index < -0.39 is 19.3 Å². The van der Waals surface area contributed by atoms with Gasteiger partial charge >= 0.3 is 19.3 Å². The fourth-order valence-electron chi connectivity index (χ4n) is 0.313. The minimum atomic E-state index is -4.71. The van der Waals surface area contributed by atoms with Crippen LogP contribution in [0.2, 0.25) is 0 Å². The summed E-state index contributed by atoms with van der Waals surface area (Å²) in [5.74, 6) is 0. The lowest BCUT2D eigenvalue weighted by Gasteiger charge is -1.80. The van der Waals surface area contributed by atoms with Crippen LogP contribution in [0.3, 0.4) is 0 Å². The maximum atomic E-state index is 9.34. The zero-order valence-corrected chi connectivity index (χ0v) is 7.90. The van der Waals surface area contributed by atoms with Crippen LogP contribution in [-0.4, -0.2) is 26.7 Å². The maximum Gasteiger partial charge on any atom is 0.373 e. The van der Waals surface area contributed by atoms with E-state index in [0.717, 1.165) is 0 Å². The highest BCUT2D eigenvalue weighted by atomic mass is 33.2. The van der Waals surface area contributed by atoms with Gasteiger partial charge in [0.15, 0.2) is 0 Å². The first kappa shape index (κ1) is 12.2. The molecule has 13 heavy (non-hydrogen) atoms. The Bertz CT molecular complexity index is 322. The summed E-state index contributed by atoms with van der Waals surface area (Å²) in [5, 5.41) is 0. The molecule has 0 saturated heterocycles. The molecule has 0 aliphatic heterocycles. The van der Waals surface area contributed by atoms with Crippen molar-refractivity contribution in [3.8, 4) is 0 Å². The fourth-order valence-corrected chi connectivity index (χ4v) is 0.313. The van der Waals surface area contributed by atoms with E-state index in [9.17, 15) is 12.6 Å². The predicted molar refractivity (Wildman–Crippen MR) is 46.6 cm³/mol. The summed E-state index contributed by atoms with van der Waals surface area (Å²) in [7, 11) is -7.87. The van der Waals surface area contributed by atoms with Crippen LogP contribution in [0.25, 0.3) is 0 Å². The van der Waals surface area contributed by atoms with Crippen LogP contribution in [0, 0.1) is 0 Å². The van der Waals surface area contributed by atoms with E-state index in [4.69, 9.17) is 9.11 Å². The van der Waals surface area contributed by atoms with Crippen LogP contribution in [0.15, 0.2) is 30.6 Å². The lowest BCUT2D eigenvalue weighted by molar-refractivity contribution is 0.488. The number of pyridine rings is 1. The molecule has 0 aliphatic carbocycles. The molecule has 0 aliphatic rings. The maximum absolute atomic E-state index is 9.34. The Morgan fingerprint density at radius 3 is 1.62 bits per heavy atom. The SMILES string of the molecule is O=S(O)S(=O)(=O)O.c1ccncc1. The zero-order valence-electron chi connectivity index (χ0n) is 6.27. The van der Waals surface area contributed by atoms with E-state index >= 15 is 0 Å². The fraction of sp³-hybridized carbons (Fsp3) is 0. The van der Waals surface area contributed by atoms with Gasteiger partial charge in [0.05, 0.1) is 0 Å². The Labute approximate surface area is 77.1 Å². The topological polar surface area (TPSA) is 105 Å². The molecule has 0 fully saturated rings. The molecule has 0 spiro atoms. The van der Waals surface area contributed by atoms with Crippen LogP contribution in [-0.2, 0) is 19.3 Å². The second-order valence-electron chi connectivity index (χ2n) is 1.67. The Morgan fingerprint density at radius 1 is 1.15 bits per heavy atom. The third-order valence-corrected chi connectivity index (χ3v) is 2.19. The van der Waals surface area contributed by atoms with Crippen LogP contribution < -0.4 is 0 Å². The van der Waals surface area contributed by atoms with Gasteiger partial charge in [0.25, 0.3) is 0 Å². The highest BCUT2D eigenvalue weighted by Crippen LogP contribution is 1.83. The van der Waals surface area contributed by atoms with Gasteiger partial charge in [-0.05, 0) is 12.1 Å². The molecule has 1 aromatic rings. The predicted octanol–water partition coefficient (Wildman–Crippen LogP) is 0.0925. The van der Waals surface area contributed by atoms with Gasteiger partial charge in [-0.2, -0.15) is 8.42 Å². The molecule has 0 amide bonds. The second-order valence-corrected chi connectivity index (χ2v) is 5.08. The van der Waals surface area contributed by atoms with E-state index in [-0.39, 0.29) is 0 Å². The minimum Gasteiger partial charge on any atom is -0.292 e. The van der Waals surface area contributed by atoms with Crippen LogP contribution in [0.5, 0.6) is 0 Å². The first-order valence-corrected chi connectivity index (χ1v) is 5.95. The summed E-state index contributed by atoms with van der Waals surface area (Å²) in [6.07, 6.45) is 3.50. The van der Waals surface area contributed by atoms with Gasteiger partial charge in [0.2, 0.25) is 0 Å². The average Bonchev–Trinajstić information content (AvgIpc) is 2.07. The quantitative estimate of drug-likeness (QED) is 0.399. The van der Waals surface area contributed by atoms with Crippen LogP contribution >= 0.6 is 0 Å². The van der Waals surface area contributed by atoms with Crippen LogP contribution in [0.1, 0.15) is 0 Å². The van der Waals surface area contributed by atoms with E-state index in [1.54, 1.807) is 12.4 Å². The Balaban J connectivity index is 0.000000223. The van der Waals surface area contributed by atoms with Crippen molar-refractivity contribution in [2.24, 2.45) is 0 Å². The van der Waals surface area contributed by atoms with Gasteiger partial charge < -0.3 is 0 Å². The van der Waals surface area contributed by atoms with Crippen molar-refractivity contribution in [3.63, 3.8) is 0 Å². The molecule has 1 unspecified atom stereocenters. The van der Waals surface area contributed by atoms with E-state index in [1.807, 2.05) is 18.2 Å². The molecule has 0 radical (unpaired) electrons. The minimum absolute atomic E-state index is 1.75. The van der Waals surface area contributed by atoms with Crippen molar-refractivity contribution in [2.75, 3.05) is 0 Å². The van der Waals surface area contributed by atoms with Crippen molar-refractivity contribution in [3.05, 3.63) is 30.6 Å². The van der Waals surface area contributed by atoms with Gasteiger partial charge in [0, 0.05) is 12.4 Å². The molecular weight excluding hydrogens is 218 g/mol. The molecule has 1 heterocycles. The molecule has 1 aromatic heterocycles. The van der Waals surface area contributed by atoms with E-state index in [1.165, 1.54) is 0 Å².